The fourth-order valence-corrected chi connectivity index (χ4v) is 1.52. The van der Waals surface area contributed by atoms with Gasteiger partial charge in [-0.25, -0.2) is 9.07 Å². The van der Waals surface area contributed by atoms with Crippen molar-refractivity contribution in [1.29, 1.82) is 0 Å². The van der Waals surface area contributed by atoms with E-state index in [0.29, 0.717) is 12.2 Å². The van der Waals surface area contributed by atoms with Crippen molar-refractivity contribution in [3.63, 3.8) is 0 Å². The summed E-state index contributed by atoms with van der Waals surface area (Å²) in [4.78, 5) is 11.6. The van der Waals surface area contributed by atoms with E-state index >= 15 is 0 Å². The SMILES string of the molecule is NCc1cn(CC(=O)NCc2ccc(F)cc2)nn1. The summed E-state index contributed by atoms with van der Waals surface area (Å²) in [6.07, 6.45) is 1.62. The Morgan fingerprint density at radius 3 is 2.74 bits per heavy atom. The quantitative estimate of drug-likeness (QED) is 0.806. The van der Waals surface area contributed by atoms with Gasteiger partial charge in [0.1, 0.15) is 12.4 Å². The van der Waals surface area contributed by atoms with Gasteiger partial charge in [-0.2, -0.15) is 0 Å². The van der Waals surface area contributed by atoms with Gasteiger partial charge in [0.15, 0.2) is 0 Å². The van der Waals surface area contributed by atoms with Crippen molar-refractivity contribution >= 4 is 5.91 Å². The first-order chi connectivity index (χ1) is 9.17. The second kappa shape index (κ2) is 6.05. The second-order valence-corrected chi connectivity index (χ2v) is 4.01. The lowest BCUT2D eigenvalue weighted by molar-refractivity contribution is -0.122. The molecule has 1 aromatic heterocycles. The van der Waals surface area contributed by atoms with Crippen LogP contribution >= 0.6 is 0 Å². The van der Waals surface area contributed by atoms with Crippen molar-refractivity contribution in [1.82, 2.24) is 20.3 Å². The number of benzene rings is 1. The van der Waals surface area contributed by atoms with Crippen LogP contribution in [-0.4, -0.2) is 20.9 Å². The number of carbonyl (C=O) groups is 1. The predicted molar refractivity (Wildman–Crippen MR) is 66.2 cm³/mol. The Morgan fingerprint density at radius 2 is 2.11 bits per heavy atom. The standard InChI is InChI=1S/C12H14FN5O/c13-10-3-1-9(2-4-10)6-15-12(19)8-18-7-11(5-14)16-17-18/h1-4,7H,5-6,8,14H2,(H,15,19). The van der Waals surface area contributed by atoms with Crippen LogP contribution in [0.2, 0.25) is 0 Å². The third-order valence-corrected chi connectivity index (χ3v) is 2.50. The Kier molecular flexibility index (Phi) is 4.19. The van der Waals surface area contributed by atoms with Crippen LogP contribution in [0, 0.1) is 5.82 Å². The highest BCUT2D eigenvalue weighted by atomic mass is 19.1. The van der Waals surface area contributed by atoms with Gasteiger partial charge in [-0.15, -0.1) is 5.10 Å². The molecule has 1 aromatic carbocycles. The number of nitrogens with one attached hydrogen (secondary N) is 1. The monoisotopic (exact) mass is 263 g/mol. The van der Waals surface area contributed by atoms with Crippen LogP contribution in [0.5, 0.6) is 0 Å². The van der Waals surface area contributed by atoms with Gasteiger partial charge in [-0.1, -0.05) is 17.3 Å². The second-order valence-electron chi connectivity index (χ2n) is 4.01. The van der Waals surface area contributed by atoms with Gasteiger partial charge < -0.3 is 11.1 Å². The first-order valence-electron chi connectivity index (χ1n) is 5.77. The Balaban J connectivity index is 1.82. The molecule has 3 N–H and O–H groups in total. The molecule has 0 saturated heterocycles. The molecule has 0 atom stereocenters. The predicted octanol–water partition coefficient (Wildman–Crippen LogP) is 0.192. The van der Waals surface area contributed by atoms with Crippen LogP contribution in [0.4, 0.5) is 4.39 Å². The van der Waals surface area contributed by atoms with Gasteiger partial charge in [0, 0.05) is 13.1 Å². The number of halogens is 1. The molecule has 0 saturated carbocycles. The molecule has 6 nitrogen and oxygen atoms in total. The van der Waals surface area contributed by atoms with E-state index in [9.17, 15) is 9.18 Å². The average molecular weight is 263 g/mol. The van der Waals surface area contributed by atoms with E-state index < -0.39 is 0 Å². The summed E-state index contributed by atoms with van der Waals surface area (Å²) in [6, 6.07) is 5.95. The maximum atomic E-state index is 12.7. The minimum atomic E-state index is -0.299. The lowest BCUT2D eigenvalue weighted by Crippen LogP contribution is -2.27. The molecule has 0 aliphatic rings. The number of amides is 1. The van der Waals surface area contributed by atoms with Crippen molar-refractivity contribution in [3.05, 3.63) is 47.5 Å². The van der Waals surface area contributed by atoms with Crippen LogP contribution in [0.1, 0.15) is 11.3 Å². The van der Waals surface area contributed by atoms with Crippen molar-refractivity contribution < 1.29 is 9.18 Å². The third kappa shape index (κ3) is 3.85. The number of rotatable bonds is 5. The fraction of sp³-hybridized carbons (Fsp3) is 0.250. The molecule has 0 radical (unpaired) electrons. The smallest absolute Gasteiger partial charge is 0.242 e. The van der Waals surface area contributed by atoms with Crippen LogP contribution < -0.4 is 11.1 Å². The highest BCUT2D eigenvalue weighted by Gasteiger charge is 2.05. The van der Waals surface area contributed by atoms with Gasteiger partial charge in [-0.3, -0.25) is 4.79 Å². The van der Waals surface area contributed by atoms with Gasteiger partial charge in [0.25, 0.3) is 0 Å². The maximum absolute atomic E-state index is 12.7. The first-order valence-corrected chi connectivity index (χ1v) is 5.77. The summed E-state index contributed by atoms with van der Waals surface area (Å²) in [5, 5.41) is 10.3. The Morgan fingerprint density at radius 1 is 1.37 bits per heavy atom. The van der Waals surface area contributed by atoms with Crippen molar-refractivity contribution in [3.8, 4) is 0 Å². The molecule has 1 amide bonds. The molecule has 0 unspecified atom stereocenters. The molecule has 0 spiro atoms. The molecule has 0 bridgehead atoms. The molecular weight excluding hydrogens is 249 g/mol. The number of nitrogens with two attached hydrogens (primary N) is 1. The lowest BCUT2D eigenvalue weighted by Gasteiger charge is -2.05. The topological polar surface area (TPSA) is 85.8 Å². The fourth-order valence-electron chi connectivity index (χ4n) is 1.52. The molecule has 7 heteroatoms. The minimum absolute atomic E-state index is 0.0776. The summed E-state index contributed by atoms with van der Waals surface area (Å²) in [5.74, 6) is -0.496. The Hall–Kier alpha value is -2.28. The normalized spacial score (nSPS) is 10.4. The van der Waals surface area contributed by atoms with E-state index in [0.717, 1.165) is 5.56 Å². The average Bonchev–Trinajstić information content (AvgIpc) is 2.86. The van der Waals surface area contributed by atoms with E-state index in [1.165, 1.54) is 16.8 Å². The summed E-state index contributed by atoms with van der Waals surface area (Å²) in [7, 11) is 0. The Bertz CT molecular complexity index is 552. The van der Waals surface area contributed by atoms with E-state index in [1.54, 1.807) is 18.3 Å². The minimum Gasteiger partial charge on any atom is -0.350 e. The molecule has 2 rings (SSSR count). The van der Waals surface area contributed by atoms with Crippen LogP contribution in [0.15, 0.2) is 30.5 Å². The first kappa shape index (κ1) is 13.2. The largest absolute Gasteiger partial charge is 0.350 e. The van der Waals surface area contributed by atoms with E-state index in [-0.39, 0.29) is 24.8 Å². The van der Waals surface area contributed by atoms with E-state index in [1.807, 2.05) is 0 Å². The zero-order valence-electron chi connectivity index (χ0n) is 10.2. The summed E-state index contributed by atoms with van der Waals surface area (Å²) in [6.45, 7) is 0.711. The lowest BCUT2D eigenvalue weighted by atomic mass is 10.2. The molecule has 19 heavy (non-hydrogen) atoms. The summed E-state index contributed by atoms with van der Waals surface area (Å²) in [5.41, 5.74) is 6.85. The zero-order valence-corrected chi connectivity index (χ0v) is 10.2. The highest BCUT2D eigenvalue weighted by molar-refractivity contribution is 5.75. The van der Waals surface area contributed by atoms with Crippen molar-refractivity contribution in [2.45, 2.75) is 19.6 Å². The molecule has 1 heterocycles. The number of carbonyl (C=O) groups excluding carboxylic acids is 1. The molecule has 2 aromatic rings. The van der Waals surface area contributed by atoms with Crippen molar-refractivity contribution in [2.75, 3.05) is 0 Å². The molecule has 0 fully saturated rings. The number of nitrogens with zero attached hydrogens (tertiary/aromatic N) is 3. The van der Waals surface area contributed by atoms with Crippen LogP contribution in [0.3, 0.4) is 0 Å². The maximum Gasteiger partial charge on any atom is 0.242 e. The summed E-state index contributed by atoms with van der Waals surface area (Å²) >= 11 is 0. The third-order valence-electron chi connectivity index (χ3n) is 2.50. The van der Waals surface area contributed by atoms with Gasteiger partial charge in [-0.05, 0) is 17.7 Å². The number of hydrogen-bond donors (Lipinski definition) is 2. The van der Waals surface area contributed by atoms with E-state index in [4.69, 9.17) is 5.73 Å². The van der Waals surface area contributed by atoms with Gasteiger partial charge >= 0.3 is 0 Å². The molecular formula is C12H14FN5O. The van der Waals surface area contributed by atoms with Crippen LogP contribution in [0.25, 0.3) is 0 Å². The highest BCUT2D eigenvalue weighted by Crippen LogP contribution is 2.02. The number of aromatic nitrogens is 3. The molecule has 100 valence electrons. The molecule has 0 aliphatic carbocycles. The van der Waals surface area contributed by atoms with E-state index in [2.05, 4.69) is 15.6 Å². The zero-order chi connectivity index (χ0) is 13.7. The summed E-state index contributed by atoms with van der Waals surface area (Å²) < 4.78 is 14.1. The van der Waals surface area contributed by atoms with Crippen LogP contribution in [-0.2, 0) is 24.4 Å². The number of hydrogen-bond acceptors (Lipinski definition) is 4. The molecule has 0 aliphatic heterocycles. The van der Waals surface area contributed by atoms with Gasteiger partial charge in [0.2, 0.25) is 5.91 Å². The van der Waals surface area contributed by atoms with Crippen molar-refractivity contribution in [2.24, 2.45) is 5.73 Å². The Labute approximate surface area is 109 Å². The van der Waals surface area contributed by atoms with Gasteiger partial charge in [0.05, 0.1) is 11.9 Å².